The second-order valence-corrected chi connectivity index (χ2v) is 9.36. The Balaban J connectivity index is 0.00000306. The van der Waals surface area contributed by atoms with Gasteiger partial charge in [-0.15, -0.1) is 24.0 Å². The van der Waals surface area contributed by atoms with Crippen molar-refractivity contribution in [3.8, 4) is 11.5 Å². The normalized spacial score (nSPS) is 19.7. The van der Waals surface area contributed by atoms with E-state index < -0.39 is 0 Å². The molecule has 0 unspecified atom stereocenters. The minimum Gasteiger partial charge on any atom is -0.444 e. The lowest BCUT2D eigenvalue weighted by Crippen LogP contribution is -2.62. The molecular weight excluding hydrogens is 527 g/mol. The van der Waals surface area contributed by atoms with E-state index in [2.05, 4.69) is 56.5 Å². The molecule has 2 aliphatic rings. The van der Waals surface area contributed by atoms with Gasteiger partial charge < -0.3 is 20.0 Å². The second kappa shape index (κ2) is 12.2. The molecule has 0 saturated carbocycles. The van der Waals surface area contributed by atoms with E-state index in [0.29, 0.717) is 12.4 Å². The molecule has 0 spiro atoms. The zero-order valence-electron chi connectivity index (χ0n) is 20.3. The largest absolute Gasteiger partial charge is 0.444 e. The number of guanidine groups is 1. The van der Waals surface area contributed by atoms with Crippen molar-refractivity contribution in [1.82, 2.24) is 25.4 Å². The Hall–Kier alpha value is -1.65. The van der Waals surface area contributed by atoms with Gasteiger partial charge in [-0.3, -0.25) is 9.89 Å². The number of aliphatic imine (C=N–C) groups is 1. The Morgan fingerprint density at radius 2 is 1.76 bits per heavy atom. The summed E-state index contributed by atoms with van der Waals surface area (Å²) in [5, 5.41) is 7.04. The molecule has 2 aromatic rings. The van der Waals surface area contributed by atoms with Gasteiger partial charge >= 0.3 is 0 Å². The molecule has 7 nitrogen and oxygen atoms in total. The lowest BCUT2D eigenvalue weighted by Gasteiger charge is -2.50. The summed E-state index contributed by atoms with van der Waals surface area (Å²) in [4.78, 5) is 14.3. The van der Waals surface area contributed by atoms with E-state index in [4.69, 9.17) is 4.42 Å². The van der Waals surface area contributed by atoms with E-state index in [1.807, 2.05) is 19.2 Å². The van der Waals surface area contributed by atoms with Gasteiger partial charge in [0.15, 0.2) is 5.96 Å². The second-order valence-electron chi connectivity index (χ2n) is 9.36. The Labute approximate surface area is 215 Å². The molecule has 4 rings (SSSR count). The number of aryl methyl sites for hydroxylation is 1. The van der Waals surface area contributed by atoms with E-state index >= 15 is 0 Å². The van der Waals surface area contributed by atoms with E-state index in [-0.39, 0.29) is 29.5 Å². The van der Waals surface area contributed by atoms with Crippen molar-refractivity contribution in [3.05, 3.63) is 41.8 Å². The van der Waals surface area contributed by atoms with Crippen LogP contribution in [0.2, 0.25) is 0 Å². The molecule has 2 saturated heterocycles. The maximum atomic E-state index is 5.69. The van der Waals surface area contributed by atoms with Crippen molar-refractivity contribution < 1.29 is 4.42 Å². The van der Waals surface area contributed by atoms with Gasteiger partial charge in [0.25, 0.3) is 0 Å². The van der Waals surface area contributed by atoms with Crippen LogP contribution in [0, 0.1) is 6.92 Å². The number of nitrogens with zero attached hydrogens (tertiary/aromatic N) is 4. The van der Waals surface area contributed by atoms with Crippen molar-refractivity contribution in [3.63, 3.8) is 0 Å². The Kier molecular flexibility index (Phi) is 9.57. The summed E-state index contributed by atoms with van der Waals surface area (Å²) in [6.07, 6.45) is 8.14. The number of likely N-dealkylation sites (tertiary alicyclic amines) is 2. The average molecular weight is 567 g/mol. The first kappa shape index (κ1) is 26.0. The van der Waals surface area contributed by atoms with Crippen LogP contribution in [0.25, 0.3) is 11.5 Å². The third kappa shape index (κ3) is 6.70. The summed E-state index contributed by atoms with van der Waals surface area (Å²) in [6.45, 7) is 8.34. The highest BCUT2D eigenvalue weighted by atomic mass is 127. The highest BCUT2D eigenvalue weighted by molar-refractivity contribution is 14.0. The number of oxazole rings is 1. The van der Waals surface area contributed by atoms with E-state index in [0.717, 1.165) is 36.9 Å². The molecule has 0 amide bonds. The fourth-order valence-electron chi connectivity index (χ4n) is 4.87. The van der Waals surface area contributed by atoms with Crippen LogP contribution >= 0.6 is 24.0 Å². The number of benzene rings is 1. The van der Waals surface area contributed by atoms with Crippen LogP contribution in [-0.2, 0) is 6.54 Å². The van der Waals surface area contributed by atoms with Gasteiger partial charge in [-0.2, -0.15) is 0 Å². The van der Waals surface area contributed by atoms with Crippen LogP contribution in [0.3, 0.4) is 0 Å². The van der Waals surface area contributed by atoms with Crippen molar-refractivity contribution >= 4 is 29.9 Å². The molecule has 2 fully saturated rings. The van der Waals surface area contributed by atoms with Crippen LogP contribution < -0.4 is 10.6 Å². The number of piperidine rings is 2. The van der Waals surface area contributed by atoms with Gasteiger partial charge in [0.05, 0.1) is 12.2 Å². The third-order valence-electron chi connectivity index (χ3n) is 7.04. The minimum atomic E-state index is 0. The number of rotatable bonds is 6. The zero-order chi connectivity index (χ0) is 22.4. The Bertz CT molecular complexity index is 883. The van der Waals surface area contributed by atoms with Crippen molar-refractivity contribution in [2.45, 2.75) is 51.1 Å². The molecule has 182 valence electrons. The van der Waals surface area contributed by atoms with Crippen molar-refractivity contribution in [2.24, 2.45) is 4.99 Å². The first-order valence-electron chi connectivity index (χ1n) is 12.0. The number of halogens is 1. The monoisotopic (exact) mass is 566 g/mol. The van der Waals surface area contributed by atoms with Gasteiger partial charge in [-0.05, 0) is 78.0 Å². The third-order valence-corrected chi connectivity index (χ3v) is 7.04. The summed E-state index contributed by atoms with van der Waals surface area (Å²) in [6, 6.07) is 8.23. The van der Waals surface area contributed by atoms with Crippen LogP contribution in [0.15, 0.2) is 39.9 Å². The molecule has 8 heteroatoms. The van der Waals surface area contributed by atoms with E-state index in [1.165, 1.54) is 50.8 Å². The standard InChI is InChI=1S/C25H38N6O.HI/c1-20-7-9-21(10-8-20)23-29-22(18-32-23)17-27-24(26-2)28-19-25(11-15-30(3)16-12-25)31-13-5-4-6-14-31;/h7-10,18H,4-6,11-17,19H2,1-3H3,(H2,26,27,28);1H. The fourth-order valence-corrected chi connectivity index (χ4v) is 4.87. The predicted molar refractivity (Wildman–Crippen MR) is 145 cm³/mol. The summed E-state index contributed by atoms with van der Waals surface area (Å²) >= 11 is 0. The lowest BCUT2D eigenvalue weighted by molar-refractivity contribution is 0.0173. The smallest absolute Gasteiger partial charge is 0.226 e. The zero-order valence-corrected chi connectivity index (χ0v) is 22.6. The fraction of sp³-hybridized carbons (Fsp3) is 0.600. The molecule has 2 aliphatic heterocycles. The number of nitrogens with one attached hydrogen (secondary N) is 2. The van der Waals surface area contributed by atoms with Crippen LogP contribution in [0.5, 0.6) is 0 Å². The molecular formula is C25H39IN6O. The first-order valence-corrected chi connectivity index (χ1v) is 12.0. The predicted octanol–water partition coefficient (Wildman–Crippen LogP) is 3.88. The number of hydrogen-bond acceptors (Lipinski definition) is 5. The maximum absolute atomic E-state index is 5.69. The molecule has 3 heterocycles. The van der Waals surface area contributed by atoms with Crippen LogP contribution in [0.4, 0.5) is 0 Å². The van der Waals surface area contributed by atoms with Gasteiger partial charge in [-0.1, -0.05) is 24.1 Å². The molecule has 0 aliphatic carbocycles. The quantitative estimate of drug-likeness (QED) is 0.315. The van der Waals surface area contributed by atoms with Gasteiger partial charge in [-0.25, -0.2) is 4.98 Å². The summed E-state index contributed by atoms with van der Waals surface area (Å²) < 4.78 is 5.69. The number of hydrogen-bond donors (Lipinski definition) is 2. The molecule has 0 radical (unpaired) electrons. The summed E-state index contributed by atoms with van der Waals surface area (Å²) in [5.41, 5.74) is 3.31. The van der Waals surface area contributed by atoms with Crippen molar-refractivity contribution in [1.29, 1.82) is 0 Å². The van der Waals surface area contributed by atoms with Crippen LogP contribution in [-0.4, -0.2) is 73.1 Å². The van der Waals surface area contributed by atoms with E-state index in [9.17, 15) is 0 Å². The SMILES string of the molecule is CN=C(NCc1coc(-c2ccc(C)cc2)n1)NCC1(N2CCCCC2)CCN(C)CC1.I. The van der Waals surface area contributed by atoms with Gasteiger partial charge in [0.2, 0.25) is 5.89 Å². The molecule has 33 heavy (non-hydrogen) atoms. The maximum Gasteiger partial charge on any atom is 0.226 e. The van der Waals surface area contributed by atoms with Crippen LogP contribution in [0.1, 0.15) is 43.4 Å². The first-order chi connectivity index (χ1) is 15.6. The van der Waals surface area contributed by atoms with E-state index in [1.54, 1.807) is 6.26 Å². The molecule has 0 bridgehead atoms. The number of aromatic nitrogens is 1. The molecule has 0 atom stereocenters. The van der Waals surface area contributed by atoms with Gasteiger partial charge in [0, 0.05) is 24.7 Å². The Morgan fingerprint density at radius 3 is 2.42 bits per heavy atom. The average Bonchev–Trinajstić information content (AvgIpc) is 3.30. The van der Waals surface area contributed by atoms with Gasteiger partial charge in [0.1, 0.15) is 6.26 Å². The molecule has 1 aromatic carbocycles. The molecule has 2 N–H and O–H groups in total. The highest BCUT2D eigenvalue weighted by Crippen LogP contribution is 2.30. The summed E-state index contributed by atoms with van der Waals surface area (Å²) in [7, 11) is 4.06. The minimum absolute atomic E-state index is 0. The molecule has 1 aromatic heterocycles. The highest BCUT2D eigenvalue weighted by Gasteiger charge is 2.39. The summed E-state index contributed by atoms with van der Waals surface area (Å²) in [5.74, 6) is 1.47. The van der Waals surface area contributed by atoms with Crippen molar-refractivity contribution in [2.75, 3.05) is 46.8 Å². The topological polar surface area (TPSA) is 68.9 Å². The lowest BCUT2D eigenvalue weighted by atomic mass is 9.84. The Morgan fingerprint density at radius 1 is 1.06 bits per heavy atom.